The predicted octanol–water partition coefficient (Wildman–Crippen LogP) is 2.72. The molecule has 0 aliphatic heterocycles. The van der Waals surface area contributed by atoms with Crippen LogP contribution in [0.3, 0.4) is 0 Å². The van der Waals surface area contributed by atoms with Crippen molar-refractivity contribution >= 4 is 22.0 Å². The van der Waals surface area contributed by atoms with Gasteiger partial charge in [-0.1, -0.05) is 28.1 Å². The van der Waals surface area contributed by atoms with Crippen molar-refractivity contribution in [2.24, 2.45) is 0 Å². The highest BCUT2D eigenvalue weighted by molar-refractivity contribution is 9.10. The Morgan fingerprint density at radius 1 is 1.50 bits per heavy atom. The van der Waals surface area contributed by atoms with Gasteiger partial charge in [0.25, 0.3) is 0 Å². The van der Waals surface area contributed by atoms with Crippen LogP contribution < -0.4 is 5.32 Å². The molecule has 1 aromatic carbocycles. The van der Waals surface area contributed by atoms with Crippen molar-refractivity contribution in [2.75, 3.05) is 13.6 Å². The van der Waals surface area contributed by atoms with Gasteiger partial charge in [-0.3, -0.25) is 0 Å². The molecule has 0 bridgehead atoms. The minimum absolute atomic E-state index is 0.0599. The monoisotopic (exact) mass is 340 g/mol. The summed E-state index contributed by atoms with van der Waals surface area (Å²) >= 11 is 3.42. The van der Waals surface area contributed by atoms with Crippen molar-refractivity contribution in [2.45, 2.75) is 37.8 Å². The number of aliphatic hydroxyl groups is 1. The summed E-state index contributed by atoms with van der Waals surface area (Å²) in [5.74, 6) is 0.428. The molecular weight excluding hydrogens is 320 g/mol. The first-order valence-electron chi connectivity index (χ1n) is 6.92. The summed E-state index contributed by atoms with van der Waals surface area (Å²) < 4.78 is 1.07. The van der Waals surface area contributed by atoms with Crippen molar-refractivity contribution in [1.82, 2.24) is 10.2 Å². The molecule has 3 atom stereocenters. The van der Waals surface area contributed by atoms with Gasteiger partial charge in [0, 0.05) is 30.0 Å². The van der Waals surface area contributed by atoms with Crippen molar-refractivity contribution in [3.05, 3.63) is 34.3 Å². The number of hydrogen-bond donors (Lipinski definition) is 2. The summed E-state index contributed by atoms with van der Waals surface area (Å²) in [6.07, 6.45) is 1.23. The van der Waals surface area contributed by atoms with Gasteiger partial charge in [-0.15, -0.1) is 0 Å². The molecule has 1 aromatic rings. The number of hydrogen-bond acceptors (Lipinski definition) is 2. The van der Waals surface area contributed by atoms with Crippen molar-refractivity contribution in [3.63, 3.8) is 0 Å². The van der Waals surface area contributed by atoms with Crippen LogP contribution in [0.5, 0.6) is 0 Å². The van der Waals surface area contributed by atoms with Crippen LogP contribution in [-0.4, -0.2) is 41.8 Å². The van der Waals surface area contributed by atoms with Crippen molar-refractivity contribution in [3.8, 4) is 0 Å². The highest BCUT2D eigenvalue weighted by Gasteiger charge is 2.39. The maximum Gasteiger partial charge on any atom is 0.317 e. The van der Waals surface area contributed by atoms with Crippen LogP contribution >= 0.6 is 15.9 Å². The lowest BCUT2D eigenvalue weighted by Crippen LogP contribution is -2.40. The molecule has 0 radical (unpaired) electrons. The third kappa shape index (κ3) is 4.21. The summed E-state index contributed by atoms with van der Waals surface area (Å²) in [6, 6.07) is 8.42. The number of benzene rings is 1. The van der Waals surface area contributed by atoms with E-state index in [2.05, 4.69) is 33.4 Å². The van der Waals surface area contributed by atoms with E-state index in [1.54, 1.807) is 18.9 Å². The maximum atomic E-state index is 12.0. The molecule has 110 valence electrons. The van der Waals surface area contributed by atoms with Crippen LogP contribution in [-0.2, 0) is 0 Å². The lowest BCUT2D eigenvalue weighted by Gasteiger charge is -2.18. The van der Waals surface area contributed by atoms with Crippen LogP contribution in [0.25, 0.3) is 0 Å². The topological polar surface area (TPSA) is 52.6 Å². The summed E-state index contributed by atoms with van der Waals surface area (Å²) in [6.45, 7) is 2.30. The largest absolute Gasteiger partial charge is 0.393 e. The summed E-state index contributed by atoms with van der Waals surface area (Å²) in [5.41, 5.74) is 1.27. The molecule has 2 rings (SSSR count). The molecule has 1 fully saturated rings. The summed E-state index contributed by atoms with van der Waals surface area (Å²) in [5, 5.41) is 12.3. The zero-order valence-corrected chi connectivity index (χ0v) is 13.4. The fourth-order valence-electron chi connectivity index (χ4n) is 2.18. The molecule has 2 N–H and O–H groups in total. The average molecular weight is 341 g/mol. The maximum absolute atomic E-state index is 12.0. The van der Waals surface area contributed by atoms with Crippen LogP contribution in [0, 0.1) is 0 Å². The number of rotatable bonds is 5. The first-order valence-corrected chi connectivity index (χ1v) is 7.72. The zero-order valence-electron chi connectivity index (χ0n) is 11.8. The van der Waals surface area contributed by atoms with Crippen LogP contribution in [0.1, 0.15) is 31.2 Å². The molecule has 20 heavy (non-hydrogen) atoms. The van der Waals surface area contributed by atoms with E-state index in [0.717, 1.165) is 10.9 Å². The Hall–Kier alpha value is -1.07. The Labute approximate surface area is 128 Å². The number of urea groups is 1. The van der Waals surface area contributed by atoms with Crippen molar-refractivity contribution in [1.29, 1.82) is 0 Å². The molecule has 0 heterocycles. The van der Waals surface area contributed by atoms with Gasteiger partial charge in [0.15, 0.2) is 0 Å². The van der Waals surface area contributed by atoms with Gasteiger partial charge in [0.2, 0.25) is 0 Å². The van der Waals surface area contributed by atoms with Crippen LogP contribution in [0.2, 0.25) is 0 Å². The second-order valence-electron chi connectivity index (χ2n) is 5.51. The Balaban J connectivity index is 1.78. The van der Waals surface area contributed by atoms with Crippen LogP contribution in [0.4, 0.5) is 4.79 Å². The van der Waals surface area contributed by atoms with Gasteiger partial charge in [-0.25, -0.2) is 4.79 Å². The molecule has 1 saturated carbocycles. The molecule has 1 aliphatic rings. The second kappa shape index (κ2) is 6.59. The lowest BCUT2D eigenvalue weighted by atomic mass is 10.1. The average Bonchev–Trinajstić information content (AvgIpc) is 3.15. The Kier molecular flexibility index (Phi) is 5.05. The molecule has 5 heteroatoms. The SMILES string of the molecule is C[C@H](O)CCN(C)C(=O)N[C@@H]1C[C@@H]1c1ccc(Br)cc1. The molecule has 4 nitrogen and oxygen atoms in total. The van der Waals surface area contributed by atoms with E-state index in [4.69, 9.17) is 0 Å². The summed E-state index contributed by atoms with van der Waals surface area (Å²) in [7, 11) is 1.76. The third-order valence-electron chi connectivity index (χ3n) is 3.63. The van der Waals surface area contributed by atoms with E-state index in [-0.39, 0.29) is 18.2 Å². The Morgan fingerprint density at radius 3 is 2.75 bits per heavy atom. The minimum Gasteiger partial charge on any atom is -0.393 e. The van der Waals surface area contributed by atoms with Gasteiger partial charge in [-0.05, 0) is 37.5 Å². The highest BCUT2D eigenvalue weighted by atomic mass is 79.9. The number of nitrogens with one attached hydrogen (secondary N) is 1. The van der Waals surface area contributed by atoms with E-state index >= 15 is 0 Å². The number of nitrogens with zero attached hydrogens (tertiary/aromatic N) is 1. The quantitative estimate of drug-likeness (QED) is 0.865. The highest BCUT2D eigenvalue weighted by Crippen LogP contribution is 2.41. The number of carbonyl (C=O) groups is 1. The van der Waals surface area contributed by atoms with Crippen LogP contribution in [0.15, 0.2) is 28.7 Å². The van der Waals surface area contributed by atoms with E-state index in [1.807, 2.05) is 12.1 Å². The van der Waals surface area contributed by atoms with Crippen molar-refractivity contribution < 1.29 is 9.90 Å². The fourth-order valence-corrected chi connectivity index (χ4v) is 2.45. The summed E-state index contributed by atoms with van der Waals surface area (Å²) in [4.78, 5) is 13.6. The van der Waals surface area contributed by atoms with Gasteiger partial charge in [0.05, 0.1) is 6.10 Å². The number of aliphatic hydroxyl groups excluding tert-OH is 1. The Morgan fingerprint density at radius 2 is 2.15 bits per heavy atom. The first kappa shape index (κ1) is 15.3. The molecule has 0 aromatic heterocycles. The predicted molar refractivity (Wildman–Crippen MR) is 82.7 cm³/mol. The fraction of sp³-hybridized carbons (Fsp3) is 0.533. The molecule has 1 aliphatic carbocycles. The number of amides is 2. The Bertz CT molecular complexity index is 461. The number of carbonyl (C=O) groups excluding carboxylic acids is 1. The van der Waals surface area contributed by atoms with E-state index in [1.165, 1.54) is 5.56 Å². The standard InChI is InChI=1S/C15H21BrN2O2/c1-10(19)7-8-18(2)15(20)17-14-9-13(14)11-3-5-12(16)6-4-11/h3-6,10,13-14,19H,7-9H2,1-2H3,(H,17,20)/t10-,13+,14+/m0/s1. The minimum atomic E-state index is -0.373. The molecule has 0 saturated heterocycles. The normalized spacial score (nSPS) is 22.2. The zero-order chi connectivity index (χ0) is 14.7. The third-order valence-corrected chi connectivity index (χ3v) is 4.16. The van der Waals surface area contributed by atoms with Gasteiger partial charge in [0.1, 0.15) is 0 Å². The smallest absolute Gasteiger partial charge is 0.317 e. The molecular formula is C15H21BrN2O2. The van der Waals surface area contributed by atoms with E-state index in [9.17, 15) is 9.90 Å². The first-order chi connectivity index (χ1) is 9.47. The molecule has 2 amide bonds. The van der Waals surface area contributed by atoms with Gasteiger partial charge < -0.3 is 15.3 Å². The molecule has 0 spiro atoms. The molecule has 0 unspecified atom stereocenters. The van der Waals surface area contributed by atoms with Gasteiger partial charge >= 0.3 is 6.03 Å². The van der Waals surface area contributed by atoms with E-state index in [0.29, 0.717) is 18.9 Å². The van der Waals surface area contributed by atoms with E-state index < -0.39 is 0 Å². The number of halogens is 1. The second-order valence-corrected chi connectivity index (χ2v) is 6.42. The van der Waals surface area contributed by atoms with Gasteiger partial charge in [-0.2, -0.15) is 0 Å². The lowest BCUT2D eigenvalue weighted by molar-refractivity contribution is 0.163.